The Balaban J connectivity index is 1.72. The third-order valence-electron chi connectivity index (χ3n) is 4.57. The fourth-order valence-electron chi connectivity index (χ4n) is 3.10. The molecule has 152 valence electrons. The lowest BCUT2D eigenvalue weighted by molar-refractivity contribution is 0.0950. The van der Waals surface area contributed by atoms with Crippen molar-refractivity contribution in [2.75, 3.05) is 6.61 Å². The monoisotopic (exact) mass is 420 g/mol. The molecule has 0 radical (unpaired) electrons. The maximum Gasteiger partial charge on any atom is 0.251 e. The van der Waals surface area contributed by atoms with E-state index in [1.165, 1.54) is 0 Å². The molecule has 0 aliphatic carbocycles. The van der Waals surface area contributed by atoms with Gasteiger partial charge in [0.25, 0.3) is 5.91 Å². The van der Waals surface area contributed by atoms with Gasteiger partial charge >= 0.3 is 0 Å². The van der Waals surface area contributed by atoms with Crippen LogP contribution in [0.4, 0.5) is 0 Å². The zero-order valence-corrected chi connectivity index (χ0v) is 17.3. The molecule has 0 saturated heterocycles. The molecule has 0 atom stereocenters. The number of aromatic nitrogens is 3. The van der Waals surface area contributed by atoms with Crippen molar-refractivity contribution in [1.29, 1.82) is 0 Å². The van der Waals surface area contributed by atoms with Gasteiger partial charge in [0.05, 0.1) is 24.5 Å². The Morgan fingerprint density at radius 2 is 1.83 bits per heavy atom. The predicted octanol–water partition coefficient (Wildman–Crippen LogP) is 4.77. The van der Waals surface area contributed by atoms with Gasteiger partial charge in [-0.1, -0.05) is 48.9 Å². The topological polar surface area (TPSA) is 68.5 Å². The third kappa shape index (κ3) is 4.28. The molecule has 1 amide bonds. The molecular weight excluding hydrogens is 400 g/mol. The molecule has 6 nitrogen and oxygen atoms in total. The molecule has 0 fully saturated rings. The lowest BCUT2D eigenvalue weighted by Crippen LogP contribution is -2.24. The largest absolute Gasteiger partial charge is 0.477 e. The Labute approximate surface area is 179 Å². The van der Waals surface area contributed by atoms with Gasteiger partial charge in [0.2, 0.25) is 5.88 Å². The molecule has 4 rings (SSSR count). The summed E-state index contributed by atoms with van der Waals surface area (Å²) in [6.45, 7) is 2.88. The highest BCUT2D eigenvalue weighted by Crippen LogP contribution is 2.26. The number of benzene rings is 2. The van der Waals surface area contributed by atoms with E-state index >= 15 is 0 Å². The first kappa shape index (κ1) is 19.9. The van der Waals surface area contributed by atoms with Crippen LogP contribution in [-0.2, 0) is 6.54 Å². The number of fused-ring (bicyclic) bond motifs is 1. The highest BCUT2D eigenvalue weighted by Gasteiger charge is 2.17. The van der Waals surface area contributed by atoms with Gasteiger partial charge < -0.3 is 10.1 Å². The summed E-state index contributed by atoms with van der Waals surface area (Å²) in [4.78, 5) is 17.3. The van der Waals surface area contributed by atoms with Crippen LogP contribution in [0.25, 0.3) is 16.9 Å². The standard InChI is InChI=1S/C23H21ClN4O2/c1-2-14-30-21-13-12-20-26-22(16-8-10-18(24)11-9-16)19(28(20)27-21)15-25-23(29)17-6-4-3-5-7-17/h3-13H,2,14-15H2,1H3,(H,25,29). The zero-order chi connectivity index (χ0) is 20.9. The molecule has 7 heteroatoms. The van der Waals surface area contributed by atoms with Crippen LogP contribution < -0.4 is 10.1 Å². The third-order valence-corrected chi connectivity index (χ3v) is 4.82. The van der Waals surface area contributed by atoms with Crippen molar-refractivity contribution < 1.29 is 9.53 Å². The number of hydrogen-bond acceptors (Lipinski definition) is 4. The molecule has 0 aliphatic heterocycles. The van der Waals surface area contributed by atoms with Crippen LogP contribution in [0.3, 0.4) is 0 Å². The van der Waals surface area contributed by atoms with E-state index in [1.807, 2.05) is 55.5 Å². The second-order valence-corrected chi connectivity index (χ2v) is 7.19. The minimum Gasteiger partial charge on any atom is -0.477 e. The van der Waals surface area contributed by atoms with Crippen molar-refractivity contribution in [3.63, 3.8) is 0 Å². The average Bonchev–Trinajstić information content (AvgIpc) is 3.15. The Morgan fingerprint density at radius 3 is 2.57 bits per heavy atom. The number of carbonyl (C=O) groups is 1. The first-order valence-electron chi connectivity index (χ1n) is 9.76. The molecule has 30 heavy (non-hydrogen) atoms. The van der Waals surface area contributed by atoms with Crippen molar-refractivity contribution in [2.24, 2.45) is 0 Å². The number of nitrogens with one attached hydrogen (secondary N) is 1. The summed E-state index contributed by atoms with van der Waals surface area (Å²) < 4.78 is 7.40. The lowest BCUT2D eigenvalue weighted by Gasteiger charge is -2.09. The summed E-state index contributed by atoms with van der Waals surface area (Å²) in [5, 5.41) is 8.20. The highest BCUT2D eigenvalue weighted by molar-refractivity contribution is 6.30. The van der Waals surface area contributed by atoms with Crippen molar-refractivity contribution in [3.8, 4) is 17.1 Å². The van der Waals surface area contributed by atoms with E-state index in [0.29, 0.717) is 28.7 Å². The normalized spacial score (nSPS) is 10.9. The molecule has 2 heterocycles. The van der Waals surface area contributed by atoms with E-state index in [0.717, 1.165) is 23.4 Å². The Bertz CT molecular complexity index is 1160. The quantitative estimate of drug-likeness (QED) is 0.467. The number of halogens is 1. The van der Waals surface area contributed by atoms with E-state index in [4.69, 9.17) is 21.3 Å². The van der Waals surface area contributed by atoms with E-state index in [1.54, 1.807) is 22.7 Å². The van der Waals surface area contributed by atoms with Crippen LogP contribution in [0.1, 0.15) is 29.4 Å². The highest BCUT2D eigenvalue weighted by atomic mass is 35.5. The second kappa shape index (κ2) is 8.97. The van der Waals surface area contributed by atoms with E-state index in [-0.39, 0.29) is 12.5 Å². The first-order chi connectivity index (χ1) is 14.7. The predicted molar refractivity (Wildman–Crippen MR) is 117 cm³/mol. The SMILES string of the molecule is CCCOc1ccc2nc(-c3ccc(Cl)cc3)c(CNC(=O)c3ccccc3)n2n1. The molecule has 0 unspecified atom stereocenters. The molecule has 4 aromatic rings. The van der Waals surface area contributed by atoms with Crippen molar-refractivity contribution in [3.05, 3.63) is 83.0 Å². The van der Waals surface area contributed by atoms with Crippen LogP contribution >= 0.6 is 11.6 Å². The number of imidazole rings is 1. The maximum absolute atomic E-state index is 12.6. The van der Waals surface area contributed by atoms with Gasteiger partial charge in [-0.25, -0.2) is 9.50 Å². The number of rotatable bonds is 7. The molecule has 2 aromatic carbocycles. The Kier molecular flexibility index (Phi) is 5.95. The fraction of sp³-hybridized carbons (Fsp3) is 0.174. The van der Waals surface area contributed by atoms with Gasteiger partial charge in [-0.3, -0.25) is 4.79 Å². The molecule has 0 spiro atoms. The summed E-state index contributed by atoms with van der Waals surface area (Å²) in [5.74, 6) is 0.353. The lowest BCUT2D eigenvalue weighted by atomic mass is 10.1. The second-order valence-electron chi connectivity index (χ2n) is 6.75. The van der Waals surface area contributed by atoms with Crippen LogP contribution in [0.5, 0.6) is 5.88 Å². The Morgan fingerprint density at radius 1 is 1.07 bits per heavy atom. The summed E-state index contributed by atoms with van der Waals surface area (Å²) in [6, 6.07) is 20.2. The summed E-state index contributed by atoms with van der Waals surface area (Å²) in [6.07, 6.45) is 0.889. The minimum atomic E-state index is -0.161. The van der Waals surface area contributed by atoms with E-state index in [2.05, 4.69) is 10.4 Å². The zero-order valence-electron chi connectivity index (χ0n) is 16.5. The number of carbonyl (C=O) groups excluding carboxylic acids is 1. The number of amides is 1. The van der Waals surface area contributed by atoms with Gasteiger partial charge in [-0.2, -0.15) is 0 Å². The molecular formula is C23H21ClN4O2. The van der Waals surface area contributed by atoms with Crippen LogP contribution in [0, 0.1) is 0 Å². The molecule has 0 saturated carbocycles. The fourth-order valence-corrected chi connectivity index (χ4v) is 3.22. The molecule has 0 aliphatic rings. The summed E-state index contributed by atoms with van der Waals surface area (Å²) >= 11 is 6.05. The maximum atomic E-state index is 12.6. The van der Waals surface area contributed by atoms with E-state index in [9.17, 15) is 4.79 Å². The summed E-state index contributed by atoms with van der Waals surface area (Å²) in [5.41, 5.74) is 3.66. The smallest absolute Gasteiger partial charge is 0.251 e. The first-order valence-corrected chi connectivity index (χ1v) is 10.1. The van der Waals surface area contributed by atoms with Gasteiger partial charge in [-0.05, 0) is 36.8 Å². The molecule has 2 aromatic heterocycles. The number of nitrogens with zero attached hydrogens (tertiary/aromatic N) is 3. The van der Waals surface area contributed by atoms with Crippen molar-refractivity contribution in [1.82, 2.24) is 19.9 Å². The average molecular weight is 421 g/mol. The van der Waals surface area contributed by atoms with Crippen molar-refractivity contribution >= 4 is 23.2 Å². The minimum absolute atomic E-state index is 0.161. The van der Waals surface area contributed by atoms with Crippen LogP contribution in [0.15, 0.2) is 66.7 Å². The van der Waals surface area contributed by atoms with Gasteiger partial charge in [0.1, 0.15) is 0 Å². The number of hydrogen-bond donors (Lipinski definition) is 1. The van der Waals surface area contributed by atoms with Crippen LogP contribution in [-0.4, -0.2) is 27.1 Å². The number of ether oxygens (including phenoxy) is 1. The van der Waals surface area contributed by atoms with E-state index < -0.39 is 0 Å². The van der Waals surface area contributed by atoms with Gasteiger partial charge in [0, 0.05) is 22.2 Å². The molecule has 0 bridgehead atoms. The van der Waals surface area contributed by atoms with Gasteiger partial charge in [-0.15, -0.1) is 5.10 Å². The van der Waals surface area contributed by atoms with Gasteiger partial charge in [0.15, 0.2) is 5.65 Å². The summed E-state index contributed by atoms with van der Waals surface area (Å²) in [7, 11) is 0. The Hall–Kier alpha value is -3.38. The molecule has 1 N–H and O–H groups in total. The van der Waals surface area contributed by atoms with Crippen molar-refractivity contribution in [2.45, 2.75) is 19.9 Å². The van der Waals surface area contributed by atoms with Crippen LogP contribution in [0.2, 0.25) is 5.02 Å².